The summed E-state index contributed by atoms with van der Waals surface area (Å²) in [6, 6.07) is 13.3. The molecule has 0 N–H and O–H groups in total. The number of hydrogen-bond acceptors (Lipinski definition) is 4. The molecule has 1 atom stereocenters. The number of ether oxygens (including phenoxy) is 2. The van der Waals surface area contributed by atoms with E-state index in [2.05, 4.69) is 4.90 Å². The van der Waals surface area contributed by atoms with Crippen LogP contribution in [-0.2, 0) is 16.1 Å². The molecule has 2 aromatic carbocycles. The van der Waals surface area contributed by atoms with Gasteiger partial charge in [0.25, 0.3) is 0 Å². The number of carbonyl (C=O) groups excluding carboxylic acids is 1. The molecule has 1 aliphatic heterocycles. The van der Waals surface area contributed by atoms with Crippen LogP contribution in [0, 0.1) is 12.7 Å². The monoisotopic (exact) mass is 371 g/mol. The molecule has 1 unspecified atom stereocenters. The Labute approximate surface area is 159 Å². The molecule has 0 saturated carbocycles. The summed E-state index contributed by atoms with van der Waals surface area (Å²) in [4.78, 5) is 14.1. The third kappa shape index (κ3) is 4.79. The van der Waals surface area contributed by atoms with Gasteiger partial charge in [0, 0.05) is 23.8 Å². The van der Waals surface area contributed by atoms with Crippen molar-refractivity contribution < 1.29 is 18.7 Å². The minimum atomic E-state index is -0.215. The second-order valence-electron chi connectivity index (χ2n) is 6.83. The minimum absolute atomic E-state index is 0.144. The fraction of sp³-hybridized carbons (Fsp3) is 0.409. The van der Waals surface area contributed by atoms with Crippen LogP contribution < -0.4 is 9.64 Å². The Morgan fingerprint density at radius 1 is 1.22 bits per heavy atom. The van der Waals surface area contributed by atoms with Gasteiger partial charge in [0.05, 0.1) is 13.0 Å². The largest absolute Gasteiger partial charge is 0.489 e. The molecule has 0 spiro atoms. The van der Waals surface area contributed by atoms with Gasteiger partial charge in [0.15, 0.2) is 0 Å². The number of hydrogen-bond donors (Lipinski definition) is 0. The van der Waals surface area contributed by atoms with Crippen molar-refractivity contribution in [2.45, 2.75) is 45.8 Å². The summed E-state index contributed by atoms with van der Waals surface area (Å²) in [5, 5.41) is 0. The molecule has 0 radical (unpaired) electrons. The summed E-state index contributed by atoms with van der Waals surface area (Å²) in [7, 11) is 0. The van der Waals surface area contributed by atoms with Gasteiger partial charge >= 0.3 is 5.97 Å². The molecule has 1 aliphatic rings. The number of esters is 1. The van der Waals surface area contributed by atoms with E-state index in [-0.39, 0.29) is 24.4 Å². The number of rotatable bonds is 7. The van der Waals surface area contributed by atoms with E-state index in [0.29, 0.717) is 29.9 Å². The second-order valence-corrected chi connectivity index (χ2v) is 6.83. The van der Waals surface area contributed by atoms with Crippen molar-refractivity contribution in [2.75, 3.05) is 18.1 Å². The maximum atomic E-state index is 14.1. The van der Waals surface area contributed by atoms with Gasteiger partial charge in [-0.05, 0) is 56.5 Å². The maximum Gasteiger partial charge on any atom is 0.307 e. The minimum Gasteiger partial charge on any atom is -0.489 e. The first kappa shape index (κ1) is 19.2. The molecular formula is C22H26FNO3. The van der Waals surface area contributed by atoms with E-state index in [1.54, 1.807) is 19.1 Å². The third-order valence-corrected chi connectivity index (χ3v) is 4.92. The number of anilines is 1. The van der Waals surface area contributed by atoms with Crippen molar-refractivity contribution in [3.63, 3.8) is 0 Å². The normalized spacial score (nSPS) is 16.4. The fourth-order valence-corrected chi connectivity index (χ4v) is 3.51. The maximum absolute atomic E-state index is 14.1. The fourth-order valence-electron chi connectivity index (χ4n) is 3.51. The van der Waals surface area contributed by atoms with E-state index in [4.69, 9.17) is 9.47 Å². The number of benzene rings is 2. The number of carbonyl (C=O) groups is 1. The SMILES string of the molecule is CCOC(=O)CC1CCCN1c1ccc(OCc2cccc(C)c2F)cc1. The predicted molar refractivity (Wildman–Crippen MR) is 104 cm³/mol. The lowest BCUT2D eigenvalue weighted by Crippen LogP contribution is -2.31. The summed E-state index contributed by atoms with van der Waals surface area (Å²) in [5.41, 5.74) is 2.23. The molecule has 1 fully saturated rings. The highest BCUT2D eigenvalue weighted by atomic mass is 19.1. The topological polar surface area (TPSA) is 38.8 Å². The molecule has 0 aromatic heterocycles. The van der Waals surface area contributed by atoms with E-state index in [9.17, 15) is 9.18 Å². The molecule has 1 heterocycles. The van der Waals surface area contributed by atoms with Crippen LogP contribution in [0.3, 0.4) is 0 Å². The summed E-state index contributed by atoms with van der Waals surface area (Å²) >= 11 is 0. The number of aryl methyl sites for hydroxylation is 1. The average molecular weight is 371 g/mol. The molecule has 27 heavy (non-hydrogen) atoms. The zero-order valence-electron chi connectivity index (χ0n) is 15.9. The lowest BCUT2D eigenvalue weighted by atomic mass is 10.1. The van der Waals surface area contributed by atoms with Crippen LogP contribution in [0.4, 0.5) is 10.1 Å². The molecule has 5 heteroatoms. The molecule has 0 bridgehead atoms. The summed E-state index contributed by atoms with van der Waals surface area (Å²) < 4.78 is 24.9. The molecule has 144 valence electrons. The first-order valence-electron chi connectivity index (χ1n) is 9.47. The van der Waals surface area contributed by atoms with E-state index in [1.165, 1.54) is 0 Å². The van der Waals surface area contributed by atoms with E-state index in [0.717, 1.165) is 25.1 Å². The first-order chi connectivity index (χ1) is 13.1. The van der Waals surface area contributed by atoms with Crippen LogP contribution >= 0.6 is 0 Å². The van der Waals surface area contributed by atoms with E-state index < -0.39 is 0 Å². The van der Waals surface area contributed by atoms with Crippen LogP contribution in [0.5, 0.6) is 5.75 Å². The standard InChI is InChI=1S/C22H26FNO3/c1-3-26-21(25)14-19-8-5-13-24(19)18-9-11-20(12-10-18)27-15-17-7-4-6-16(2)22(17)23/h4,6-7,9-12,19H,3,5,8,13-15H2,1-2H3. The molecule has 1 saturated heterocycles. The van der Waals surface area contributed by atoms with Gasteiger partial charge in [0.2, 0.25) is 0 Å². The van der Waals surface area contributed by atoms with Gasteiger partial charge in [-0.25, -0.2) is 4.39 Å². The Hall–Kier alpha value is -2.56. The third-order valence-electron chi connectivity index (χ3n) is 4.92. The smallest absolute Gasteiger partial charge is 0.307 e. The summed E-state index contributed by atoms with van der Waals surface area (Å²) in [5.74, 6) is 0.336. The second kappa shape index (κ2) is 8.89. The van der Waals surface area contributed by atoms with Crippen LogP contribution in [0.15, 0.2) is 42.5 Å². The highest BCUT2D eigenvalue weighted by Gasteiger charge is 2.27. The van der Waals surface area contributed by atoms with Gasteiger partial charge in [-0.3, -0.25) is 4.79 Å². The van der Waals surface area contributed by atoms with Crippen molar-refractivity contribution in [3.05, 3.63) is 59.4 Å². The molecule has 0 amide bonds. The van der Waals surface area contributed by atoms with Gasteiger partial charge in [0.1, 0.15) is 18.2 Å². The zero-order chi connectivity index (χ0) is 19.2. The van der Waals surface area contributed by atoms with Gasteiger partial charge in [-0.1, -0.05) is 18.2 Å². The molecule has 4 nitrogen and oxygen atoms in total. The molecule has 2 aromatic rings. The number of halogens is 1. The van der Waals surface area contributed by atoms with Crippen molar-refractivity contribution in [1.29, 1.82) is 0 Å². The first-order valence-corrected chi connectivity index (χ1v) is 9.47. The predicted octanol–water partition coefficient (Wildman–Crippen LogP) is 4.64. The Bertz CT molecular complexity index is 776. The summed E-state index contributed by atoms with van der Waals surface area (Å²) in [6.45, 7) is 5.11. The van der Waals surface area contributed by atoms with Crippen LogP contribution in [0.1, 0.15) is 37.3 Å². The van der Waals surface area contributed by atoms with Crippen molar-refractivity contribution in [2.24, 2.45) is 0 Å². The van der Waals surface area contributed by atoms with Crippen LogP contribution in [-0.4, -0.2) is 25.2 Å². The molecule has 3 rings (SSSR count). The van der Waals surface area contributed by atoms with Gasteiger partial charge in [-0.15, -0.1) is 0 Å². The van der Waals surface area contributed by atoms with Gasteiger partial charge in [-0.2, -0.15) is 0 Å². The van der Waals surface area contributed by atoms with E-state index in [1.807, 2.05) is 37.3 Å². The zero-order valence-corrected chi connectivity index (χ0v) is 15.9. The Kier molecular flexibility index (Phi) is 6.32. The van der Waals surface area contributed by atoms with Crippen LogP contribution in [0.2, 0.25) is 0 Å². The highest BCUT2D eigenvalue weighted by Crippen LogP contribution is 2.29. The van der Waals surface area contributed by atoms with Crippen molar-refractivity contribution in [3.8, 4) is 5.75 Å². The number of nitrogens with zero attached hydrogens (tertiary/aromatic N) is 1. The lowest BCUT2D eigenvalue weighted by Gasteiger charge is -2.26. The van der Waals surface area contributed by atoms with Crippen molar-refractivity contribution >= 4 is 11.7 Å². The van der Waals surface area contributed by atoms with Gasteiger partial charge < -0.3 is 14.4 Å². The summed E-state index contributed by atoms with van der Waals surface area (Å²) in [6.07, 6.45) is 2.47. The molecule has 0 aliphatic carbocycles. The Morgan fingerprint density at radius 2 is 2.00 bits per heavy atom. The lowest BCUT2D eigenvalue weighted by molar-refractivity contribution is -0.143. The Morgan fingerprint density at radius 3 is 2.74 bits per heavy atom. The van der Waals surface area contributed by atoms with Crippen molar-refractivity contribution in [1.82, 2.24) is 0 Å². The quantitative estimate of drug-likeness (QED) is 0.665. The Balaban J connectivity index is 1.61. The average Bonchev–Trinajstić information content (AvgIpc) is 3.11. The van der Waals surface area contributed by atoms with Crippen LogP contribution in [0.25, 0.3) is 0 Å². The molecular weight excluding hydrogens is 345 g/mol. The van der Waals surface area contributed by atoms with E-state index >= 15 is 0 Å². The highest BCUT2D eigenvalue weighted by molar-refractivity contribution is 5.71.